The van der Waals surface area contributed by atoms with Crippen LogP contribution in [0.1, 0.15) is 76.7 Å². The molecule has 3 aliphatic rings. The summed E-state index contributed by atoms with van der Waals surface area (Å²) in [5.41, 5.74) is 3.54. The van der Waals surface area contributed by atoms with E-state index in [2.05, 4.69) is 34.1 Å². The van der Waals surface area contributed by atoms with Crippen molar-refractivity contribution in [3.05, 3.63) is 47.7 Å². The molecule has 3 aliphatic heterocycles. The van der Waals surface area contributed by atoms with Crippen LogP contribution in [0.25, 0.3) is 11.3 Å². The summed E-state index contributed by atoms with van der Waals surface area (Å²) in [5.74, 6) is 2.03. The summed E-state index contributed by atoms with van der Waals surface area (Å²) in [6.45, 7) is 15.7. The summed E-state index contributed by atoms with van der Waals surface area (Å²) in [6, 6.07) is 9.56. The fourth-order valence-corrected chi connectivity index (χ4v) is 6.27. The minimum atomic E-state index is -0.894. The van der Waals surface area contributed by atoms with E-state index in [4.69, 9.17) is 9.84 Å². The van der Waals surface area contributed by atoms with Gasteiger partial charge >= 0.3 is 0 Å². The molecule has 0 bridgehead atoms. The Morgan fingerprint density at radius 1 is 1.13 bits per heavy atom. The van der Waals surface area contributed by atoms with Crippen LogP contribution in [0.3, 0.4) is 0 Å². The van der Waals surface area contributed by atoms with Crippen molar-refractivity contribution in [3.63, 3.8) is 0 Å². The van der Waals surface area contributed by atoms with Gasteiger partial charge in [0.25, 0.3) is 0 Å². The molecule has 1 spiro atoms. The summed E-state index contributed by atoms with van der Waals surface area (Å²) in [6.07, 6.45) is 6.20. The third-order valence-electron chi connectivity index (χ3n) is 6.89. The highest BCUT2D eigenvalue weighted by Gasteiger charge is 2.43. The van der Waals surface area contributed by atoms with Crippen LogP contribution in [0.2, 0.25) is 0 Å². The molecule has 0 saturated carbocycles. The van der Waals surface area contributed by atoms with E-state index < -0.39 is 11.0 Å². The maximum atomic E-state index is 12.4. The number of nitrogens with zero attached hydrogens (tertiary/aromatic N) is 3. The van der Waals surface area contributed by atoms with E-state index in [1.807, 2.05) is 65.2 Å². The Kier molecular flexibility index (Phi) is 13.7. The van der Waals surface area contributed by atoms with Gasteiger partial charge in [-0.2, -0.15) is 0 Å². The lowest BCUT2D eigenvalue weighted by Crippen LogP contribution is -2.48. The van der Waals surface area contributed by atoms with Crippen molar-refractivity contribution in [1.82, 2.24) is 14.2 Å². The van der Waals surface area contributed by atoms with Crippen molar-refractivity contribution < 1.29 is 18.8 Å². The van der Waals surface area contributed by atoms with Crippen LogP contribution in [0.15, 0.2) is 36.5 Å². The number of likely N-dealkylation sites (N-methyl/N-ethyl adjacent to an activating group) is 1. The third kappa shape index (κ3) is 9.48. The molecule has 2 fully saturated rings. The van der Waals surface area contributed by atoms with Gasteiger partial charge in [0.1, 0.15) is 17.6 Å². The van der Waals surface area contributed by atoms with Crippen molar-refractivity contribution in [2.24, 2.45) is 5.92 Å². The second-order valence-electron chi connectivity index (χ2n) is 10.4. The molecule has 0 aliphatic carbocycles. The molecule has 1 aromatic heterocycles. The van der Waals surface area contributed by atoms with Crippen molar-refractivity contribution >= 4 is 17.3 Å². The van der Waals surface area contributed by atoms with Gasteiger partial charge in [-0.05, 0) is 25.5 Å². The number of carbonyl (C=O) groups excluding carboxylic acids is 1. The van der Waals surface area contributed by atoms with Gasteiger partial charge in [0.2, 0.25) is 0 Å². The third-order valence-corrected chi connectivity index (χ3v) is 8.79. The van der Waals surface area contributed by atoms with Crippen molar-refractivity contribution in [2.75, 3.05) is 39.0 Å². The molecule has 1 N–H and O–H groups in total. The Labute approximate surface area is 238 Å². The van der Waals surface area contributed by atoms with Gasteiger partial charge in [-0.15, -0.1) is 0 Å². The molecule has 7 nitrogen and oxygen atoms in total. The Hall–Kier alpha value is -2.13. The van der Waals surface area contributed by atoms with Crippen LogP contribution in [0.5, 0.6) is 5.75 Å². The lowest BCUT2D eigenvalue weighted by atomic mass is 9.88. The van der Waals surface area contributed by atoms with Crippen LogP contribution in [0.4, 0.5) is 0 Å². The first-order valence-corrected chi connectivity index (χ1v) is 15.8. The topological polar surface area (TPSA) is 83.0 Å². The summed E-state index contributed by atoms with van der Waals surface area (Å²) in [4.78, 5) is 17.5. The first kappa shape index (κ1) is 33.1. The van der Waals surface area contributed by atoms with E-state index >= 15 is 0 Å². The predicted molar refractivity (Wildman–Crippen MR) is 162 cm³/mol. The number of aliphatic hydroxyl groups excluding tert-OH is 1. The number of ether oxygens (including phenoxy) is 1. The normalized spacial score (nSPS) is 20.4. The smallest absolute Gasteiger partial charge is 0.150 e. The number of aldehydes is 1. The van der Waals surface area contributed by atoms with Crippen LogP contribution in [-0.2, 0) is 17.4 Å². The van der Waals surface area contributed by atoms with Crippen LogP contribution in [-0.4, -0.2) is 80.5 Å². The average Bonchev–Trinajstić information content (AvgIpc) is 3.51. The molecular formula is C31H49N3O4S. The first-order chi connectivity index (χ1) is 18.8. The van der Waals surface area contributed by atoms with Gasteiger partial charge in [-0.25, -0.2) is 8.51 Å². The largest absolute Gasteiger partial charge is 0.485 e. The Bertz CT molecular complexity index is 1030. The number of carbonyl (C=O) groups is 1. The van der Waals surface area contributed by atoms with Crippen molar-refractivity contribution in [2.45, 2.75) is 78.9 Å². The molecule has 218 valence electrons. The monoisotopic (exact) mass is 559 g/mol. The van der Waals surface area contributed by atoms with Gasteiger partial charge in [-0.3, -0.25) is 9.78 Å². The predicted octanol–water partition coefficient (Wildman–Crippen LogP) is 5.39. The minimum Gasteiger partial charge on any atom is -0.485 e. The molecule has 0 amide bonds. The molecule has 4 heterocycles. The molecule has 5 rings (SSSR count). The van der Waals surface area contributed by atoms with Gasteiger partial charge in [0, 0.05) is 67.9 Å². The Balaban J connectivity index is 0.000000412. The minimum absolute atomic E-state index is 0.0509. The molecule has 2 aromatic rings. The van der Waals surface area contributed by atoms with Gasteiger partial charge in [0.05, 0.1) is 29.0 Å². The highest BCUT2D eigenvalue weighted by atomic mass is 32.2. The SMILES string of the molecule is CC.CC.CC(C)CS(=O)N1CCC2(CC1)Cc1cc(-c3ccc(C=O)cc3)ncc1O2.CN1CCC(O)C1. The number of fused-ring (bicyclic) bond motifs is 1. The fraction of sp³-hybridized carbons (Fsp3) is 0.613. The van der Waals surface area contributed by atoms with Crippen LogP contribution < -0.4 is 4.74 Å². The van der Waals surface area contributed by atoms with E-state index in [9.17, 15) is 9.00 Å². The maximum Gasteiger partial charge on any atom is 0.150 e. The number of β-amino-alcohol motifs (C(OH)–C–C–N with tert-alkyl or cyclic N) is 1. The summed E-state index contributed by atoms with van der Waals surface area (Å²) >= 11 is 0. The summed E-state index contributed by atoms with van der Waals surface area (Å²) in [7, 11) is 1.13. The number of hydrogen-bond acceptors (Lipinski definition) is 6. The number of pyridine rings is 1. The van der Waals surface area contributed by atoms with E-state index in [1.54, 1.807) is 0 Å². The summed E-state index contributed by atoms with van der Waals surface area (Å²) in [5, 5.41) is 8.86. The zero-order valence-electron chi connectivity index (χ0n) is 25.0. The molecule has 0 radical (unpaired) electrons. The highest BCUT2D eigenvalue weighted by molar-refractivity contribution is 7.82. The average molecular weight is 560 g/mol. The number of aromatic nitrogens is 1. The molecule has 2 saturated heterocycles. The number of benzene rings is 1. The number of rotatable bonds is 5. The number of piperidine rings is 1. The molecule has 1 aromatic carbocycles. The molecule has 8 heteroatoms. The number of likely N-dealkylation sites (tertiary alicyclic amines) is 1. The molecule has 39 heavy (non-hydrogen) atoms. The first-order valence-electron chi connectivity index (χ1n) is 14.5. The van der Waals surface area contributed by atoms with Crippen LogP contribution >= 0.6 is 0 Å². The van der Waals surface area contributed by atoms with Gasteiger partial charge in [-0.1, -0.05) is 65.8 Å². The van der Waals surface area contributed by atoms with E-state index in [1.165, 1.54) is 5.56 Å². The fourth-order valence-electron chi connectivity index (χ4n) is 4.90. The second kappa shape index (κ2) is 16.2. The van der Waals surface area contributed by atoms with E-state index in [0.717, 1.165) is 80.9 Å². The number of aliphatic hydroxyl groups is 1. The quantitative estimate of drug-likeness (QED) is 0.495. The molecule has 2 atom stereocenters. The number of hydrogen-bond donors (Lipinski definition) is 1. The molecular weight excluding hydrogens is 510 g/mol. The van der Waals surface area contributed by atoms with E-state index in [-0.39, 0.29) is 11.7 Å². The molecule has 2 unspecified atom stereocenters. The standard InChI is InChI=1S/C22H26N2O3S.C5H11NO.2C2H6/c1-16(2)15-28(26)24-9-7-22(8-10-24)12-19-11-20(23-13-21(19)27-22)18-5-3-17(14-25)4-6-18;1-6-3-2-5(7)4-6;2*1-2/h3-6,11,13-14,16H,7-10,12,15H2,1-2H3;5,7H,2-4H2,1H3;2*1-2H3. The zero-order valence-corrected chi connectivity index (χ0v) is 25.8. The Morgan fingerprint density at radius 2 is 1.77 bits per heavy atom. The zero-order chi connectivity index (χ0) is 29.0. The van der Waals surface area contributed by atoms with Crippen LogP contribution in [0, 0.1) is 5.92 Å². The van der Waals surface area contributed by atoms with E-state index in [0.29, 0.717) is 11.5 Å². The second-order valence-corrected chi connectivity index (χ2v) is 11.9. The lowest BCUT2D eigenvalue weighted by molar-refractivity contribution is 0.0415. The van der Waals surface area contributed by atoms with Gasteiger partial charge in [0.15, 0.2) is 0 Å². The highest BCUT2D eigenvalue weighted by Crippen LogP contribution is 2.42. The van der Waals surface area contributed by atoms with Crippen molar-refractivity contribution in [1.29, 1.82) is 0 Å². The van der Waals surface area contributed by atoms with Gasteiger partial charge < -0.3 is 14.7 Å². The summed E-state index contributed by atoms with van der Waals surface area (Å²) < 4.78 is 20.9. The van der Waals surface area contributed by atoms with Crippen molar-refractivity contribution in [3.8, 4) is 17.0 Å². The lowest BCUT2D eigenvalue weighted by Gasteiger charge is -2.38. The Morgan fingerprint density at radius 3 is 2.26 bits per heavy atom. The maximum absolute atomic E-state index is 12.4.